The van der Waals surface area contributed by atoms with Gasteiger partial charge in [-0.2, -0.15) is 4.98 Å². The topological polar surface area (TPSA) is 148 Å². The third-order valence-corrected chi connectivity index (χ3v) is 15.0. The van der Waals surface area contributed by atoms with Crippen LogP contribution in [0.4, 0.5) is 5.82 Å². The summed E-state index contributed by atoms with van der Waals surface area (Å²) >= 11 is 0. The van der Waals surface area contributed by atoms with Gasteiger partial charge in [0.25, 0.3) is 0 Å². The van der Waals surface area contributed by atoms with E-state index in [1.165, 1.54) is 16.8 Å². The Bertz CT molecular complexity index is 943. The van der Waals surface area contributed by atoms with Gasteiger partial charge in [-0.25, -0.2) is 4.79 Å². The number of aromatic nitrogens is 2. The lowest BCUT2D eigenvalue weighted by Crippen LogP contribution is -2.35. The first-order chi connectivity index (χ1) is 13.1. The molecule has 0 radical (unpaired) electrons. The smallest absolute Gasteiger partial charge is 0.349 e. The second-order valence-corrected chi connectivity index (χ2v) is 19.4. The molecule has 1 aromatic rings. The molecule has 1 aromatic heterocycles. The number of nitrogens with zero attached hydrogens (tertiary/aromatic N) is 2. The van der Waals surface area contributed by atoms with Gasteiger partial charge in [-0.3, -0.25) is 4.57 Å². The lowest BCUT2D eigenvalue weighted by Gasteiger charge is -2.27. The molecule has 0 aliphatic heterocycles. The van der Waals surface area contributed by atoms with E-state index in [1.807, 2.05) is 13.3 Å². The van der Waals surface area contributed by atoms with Crippen molar-refractivity contribution in [2.45, 2.75) is 24.7 Å². The van der Waals surface area contributed by atoms with Gasteiger partial charge in [-0.15, -0.1) is 13.2 Å². The van der Waals surface area contributed by atoms with Crippen LogP contribution in [0.3, 0.4) is 0 Å². The normalized spacial score (nSPS) is 29.3. The molecule has 166 valence electrons. The standard InChI is InChI=1S/C17H32N3O6P3/c1-27(2,3)10-28(4,24)11-29(5,25)26-9-12-8-13(16(22)15(12)21)20-7-6-14(18)19-17(20)23/h6-7,12-13,15-16,21-22,25H,1,5,8-11H2,2-4H3,(H2,18,19,23)/t12-,13-,15?,16-,28?,29?/m1/s1. The zero-order valence-electron chi connectivity index (χ0n) is 17.1. The first kappa shape index (κ1) is 24.6. The van der Waals surface area contributed by atoms with Gasteiger partial charge in [0.05, 0.1) is 31.8 Å². The predicted octanol–water partition coefficient (Wildman–Crippen LogP) is 1.01. The van der Waals surface area contributed by atoms with Crippen LogP contribution in [0.2, 0.25) is 0 Å². The maximum Gasteiger partial charge on any atom is 0.349 e. The number of aliphatic hydroxyl groups is 2. The van der Waals surface area contributed by atoms with Crippen LogP contribution in [-0.4, -0.2) is 87.9 Å². The van der Waals surface area contributed by atoms with Crippen LogP contribution in [0.1, 0.15) is 12.5 Å². The lowest BCUT2D eigenvalue weighted by molar-refractivity contribution is -0.00226. The van der Waals surface area contributed by atoms with E-state index in [2.05, 4.69) is 17.6 Å². The summed E-state index contributed by atoms with van der Waals surface area (Å²) in [5.41, 5.74) is 4.87. The van der Waals surface area contributed by atoms with Crippen LogP contribution >= 0.6 is 21.4 Å². The molecule has 12 heteroatoms. The van der Waals surface area contributed by atoms with Crippen molar-refractivity contribution in [3.05, 3.63) is 22.7 Å². The Hall–Kier alpha value is -0.650. The molecule has 3 unspecified atom stereocenters. The molecule has 0 spiro atoms. The largest absolute Gasteiger partial charge is 0.390 e. The van der Waals surface area contributed by atoms with Crippen LogP contribution in [0.15, 0.2) is 17.1 Å². The van der Waals surface area contributed by atoms with Crippen LogP contribution < -0.4 is 11.4 Å². The Morgan fingerprint density at radius 2 is 1.90 bits per heavy atom. The fraction of sp³-hybridized carbons (Fsp3) is 0.647. The van der Waals surface area contributed by atoms with E-state index in [0.29, 0.717) is 5.90 Å². The molecule has 1 aliphatic carbocycles. The van der Waals surface area contributed by atoms with Crippen molar-refractivity contribution >= 4 is 39.8 Å². The molecule has 29 heavy (non-hydrogen) atoms. The highest BCUT2D eigenvalue weighted by Crippen LogP contribution is 2.63. The minimum Gasteiger partial charge on any atom is -0.390 e. The van der Waals surface area contributed by atoms with Crippen molar-refractivity contribution in [1.29, 1.82) is 0 Å². The van der Waals surface area contributed by atoms with Gasteiger partial charge in [0.15, 0.2) is 0 Å². The summed E-state index contributed by atoms with van der Waals surface area (Å²) in [5.74, 6) is -0.0142. The lowest BCUT2D eigenvalue weighted by atomic mass is 10.1. The number of nitrogens with two attached hydrogens (primary N) is 1. The predicted molar refractivity (Wildman–Crippen MR) is 123 cm³/mol. The van der Waals surface area contributed by atoms with Gasteiger partial charge < -0.3 is 29.9 Å². The minimum absolute atomic E-state index is 0.0188. The summed E-state index contributed by atoms with van der Waals surface area (Å²) in [7, 11) is -5.84. The van der Waals surface area contributed by atoms with Crippen molar-refractivity contribution in [1.82, 2.24) is 9.55 Å². The summed E-state index contributed by atoms with van der Waals surface area (Å²) in [5, 5.41) is 20.8. The van der Waals surface area contributed by atoms with Gasteiger partial charge in [-0.05, 0) is 32.5 Å². The molecule has 0 amide bonds. The van der Waals surface area contributed by atoms with Gasteiger partial charge in [0.1, 0.15) is 19.3 Å². The first-order valence-corrected chi connectivity index (χ1v) is 16.7. The average molecular weight is 467 g/mol. The first-order valence-electron chi connectivity index (χ1n) is 9.14. The molecule has 6 atom stereocenters. The summed E-state index contributed by atoms with van der Waals surface area (Å²) in [6.07, 6.45) is 7.13. The van der Waals surface area contributed by atoms with E-state index in [1.54, 1.807) is 6.66 Å². The van der Waals surface area contributed by atoms with E-state index in [0.717, 1.165) is 0 Å². The monoisotopic (exact) mass is 467 g/mol. The molecule has 5 N–H and O–H groups in total. The molecule has 1 aliphatic rings. The van der Waals surface area contributed by atoms with Crippen LogP contribution in [-0.2, 0) is 9.09 Å². The summed E-state index contributed by atoms with van der Waals surface area (Å²) in [4.78, 5) is 26.3. The van der Waals surface area contributed by atoms with Gasteiger partial charge in [0, 0.05) is 18.0 Å². The van der Waals surface area contributed by atoms with Gasteiger partial charge in [0.2, 0.25) is 0 Å². The minimum atomic E-state index is -3.17. The van der Waals surface area contributed by atoms with Crippen molar-refractivity contribution in [3.63, 3.8) is 0 Å². The Labute approximate surface area is 171 Å². The Balaban J connectivity index is 2.05. The van der Waals surface area contributed by atoms with E-state index < -0.39 is 51.2 Å². The quantitative estimate of drug-likeness (QED) is 0.414. The Kier molecular flexibility index (Phi) is 7.50. The second kappa shape index (κ2) is 8.84. The summed E-state index contributed by atoms with van der Waals surface area (Å²) in [6.45, 7) is 3.98. The highest BCUT2D eigenvalue weighted by atomic mass is 31.2. The van der Waals surface area contributed by atoms with Crippen LogP contribution in [0.25, 0.3) is 0 Å². The average Bonchev–Trinajstić information content (AvgIpc) is 2.78. The second-order valence-electron chi connectivity index (χ2n) is 8.74. The SMILES string of the molecule is C=P(C)(C)CP(C)(=O)CP(=C)(O)OC[C@H]1C[C@@H](n2ccc(N)nc2=O)[C@@H](O)C1O. The number of anilines is 1. The maximum absolute atomic E-state index is 12.9. The molecule has 0 saturated heterocycles. The highest BCUT2D eigenvalue weighted by molar-refractivity contribution is 7.89. The number of hydrogen-bond donors (Lipinski definition) is 4. The molecule has 0 bridgehead atoms. The van der Waals surface area contributed by atoms with E-state index in [-0.39, 0.29) is 24.7 Å². The number of aliphatic hydroxyl groups excluding tert-OH is 2. The van der Waals surface area contributed by atoms with E-state index in [4.69, 9.17) is 10.3 Å². The van der Waals surface area contributed by atoms with Gasteiger partial charge in [-0.1, -0.05) is 6.30 Å². The Morgan fingerprint density at radius 3 is 2.45 bits per heavy atom. The zero-order valence-corrected chi connectivity index (χ0v) is 19.8. The maximum atomic E-state index is 12.9. The molecular formula is C17H32N3O6P3. The van der Waals surface area contributed by atoms with Crippen LogP contribution in [0, 0.1) is 5.92 Å². The fourth-order valence-corrected chi connectivity index (χ4v) is 16.0. The summed E-state index contributed by atoms with van der Waals surface area (Å²) < 4.78 is 19.7. The third-order valence-electron chi connectivity index (χ3n) is 4.71. The van der Waals surface area contributed by atoms with Crippen LogP contribution in [0.5, 0.6) is 0 Å². The number of rotatable bonds is 8. The van der Waals surface area contributed by atoms with Crippen molar-refractivity contribution < 1.29 is 24.2 Å². The van der Waals surface area contributed by atoms with E-state index in [9.17, 15) is 24.5 Å². The number of hydrogen-bond acceptors (Lipinski definition) is 8. The molecular weight excluding hydrogens is 435 g/mol. The Morgan fingerprint density at radius 1 is 1.28 bits per heavy atom. The molecule has 2 rings (SSSR count). The fourth-order valence-electron chi connectivity index (χ4n) is 3.82. The van der Waals surface area contributed by atoms with Gasteiger partial charge >= 0.3 is 5.69 Å². The molecule has 1 fully saturated rings. The summed E-state index contributed by atoms with van der Waals surface area (Å²) in [6, 6.07) is 0.750. The molecule has 1 saturated carbocycles. The molecule has 9 nitrogen and oxygen atoms in total. The number of nitrogen functional groups attached to an aromatic ring is 1. The zero-order chi connectivity index (χ0) is 22.2. The van der Waals surface area contributed by atoms with Crippen molar-refractivity contribution in [3.8, 4) is 0 Å². The highest BCUT2D eigenvalue weighted by Gasteiger charge is 2.43. The third kappa shape index (κ3) is 6.93. The molecule has 0 aromatic carbocycles. The molecule has 1 heterocycles. The van der Waals surface area contributed by atoms with Crippen molar-refractivity contribution in [2.75, 3.05) is 44.1 Å². The van der Waals surface area contributed by atoms with E-state index >= 15 is 0 Å². The van der Waals surface area contributed by atoms with Crippen molar-refractivity contribution in [2.24, 2.45) is 5.92 Å².